The summed E-state index contributed by atoms with van der Waals surface area (Å²) in [5.41, 5.74) is 0. The van der Waals surface area contributed by atoms with Gasteiger partial charge in [-0.25, -0.2) is 4.79 Å². The second-order valence-corrected chi connectivity index (χ2v) is 3.17. The van der Waals surface area contributed by atoms with Crippen molar-refractivity contribution in [3.8, 4) is 0 Å². The first kappa shape index (κ1) is 14.4. The summed E-state index contributed by atoms with van der Waals surface area (Å²) in [6.45, 7) is 1.84. The van der Waals surface area contributed by atoms with Gasteiger partial charge in [0.25, 0.3) is 0 Å². The van der Waals surface area contributed by atoms with Gasteiger partial charge in [-0.1, -0.05) is 6.92 Å². The summed E-state index contributed by atoms with van der Waals surface area (Å²) in [7, 11) is 2.41. The fraction of sp³-hybridized carbons (Fsp3) is 0.700. The standard InChI is InChI=1S/C10H17NO5/c1-4-5-8(12)11-7(10(14)16-3)6-9(13)15-2/h7H,4-6H2,1-3H3,(H,11,12)/t7-/m0/s1. The Hall–Kier alpha value is -1.59. The second-order valence-electron chi connectivity index (χ2n) is 3.17. The molecule has 0 aliphatic rings. The third-order valence-corrected chi connectivity index (χ3v) is 1.90. The molecule has 0 saturated heterocycles. The lowest BCUT2D eigenvalue weighted by Crippen LogP contribution is -2.43. The number of nitrogens with one attached hydrogen (secondary N) is 1. The lowest BCUT2D eigenvalue weighted by molar-refractivity contribution is -0.150. The second kappa shape index (κ2) is 7.67. The first-order valence-corrected chi connectivity index (χ1v) is 4.99. The van der Waals surface area contributed by atoms with E-state index in [4.69, 9.17) is 0 Å². The number of hydrogen-bond acceptors (Lipinski definition) is 5. The van der Waals surface area contributed by atoms with Gasteiger partial charge in [0.05, 0.1) is 20.6 Å². The minimum atomic E-state index is -0.975. The average Bonchev–Trinajstić information content (AvgIpc) is 2.27. The van der Waals surface area contributed by atoms with E-state index in [1.165, 1.54) is 14.2 Å². The summed E-state index contributed by atoms with van der Waals surface area (Å²) in [4.78, 5) is 33.5. The van der Waals surface area contributed by atoms with Crippen molar-refractivity contribution in [3.05, 3.63) is 0 Å². The van der Waals surface area contributed by atoms with Crippen molar-refractivity contribution in [2.24, 2.45) is 0 Å². The predicted molar refractivity (Wildman–Crippen MR) is 55.5 cm³/mol. The maximum absolute atomic E-state index is 11.3. The molecule has 0 heterocycles. The molecule has 0 aliphatic heterocycles. The molecular weight excluding hydrogens is 214 g/mol. The van der Waals surface area contributed by atoms with Crippen LogP contribution in [-0.4, -0.2) is 38.1 Å². The molecule has 0 radical (unpaired) electrons. The Balaban J connectivity index is 4.37. The van der Waals surface area contributed by atoms with Crippen LogP contribution in [0.1, 0.15) is 26.2 Å². The van der Waals surface area contributed by atoms with Gasteiger partial charge in [-0.2, -0.15) is 0 Å². The molecule has 6 nitrogen and oxygen atoms in total. The minimum absolute atomic E-state index is 0.224. The zero-order valence-electron chi connectivity index (χ0n) is 9.74. The van der Waals surface area contributed by atoms with Crippen molar-refractivity contribution >= 4 is 17.8 Å². The normalized spacial score (nSPS) is 11.4. The molecule has 0 aromatic rings. The molecule has 0 saturated carbocycles. The third-order valence-electron chi connectivity index (χ3n) is 1.90. The molecule has 0 aromatic carbocycles. The zero-order chi connectivity index (χ0) is 12.6. The van der Waals surface area contributed by atoms with Crippen molar-refractivity contribution in [2.45, 2.75) is 32.2 Å². The van der Waals surface area contributed by atoms with Crippen LogP contribution in [0.3, 0.4) is 0 Å². The Labute approximate surface area is 94.3 Å². The number of methoxy groups -OCH3 is 2. The monoisotopic (exact) mass is 231 g/mol. The number of amides is 1. The maximum atomic E-state index is 11.3. The predicted octanol–water partition coefficient (Wildman–Crippen LogP) is 0.00740. The zero-order valence-corrected chi connectivity index (χ0v) is 9.74. The van der Waals surface area contributed by atoms with E-state index in [1.54, 1.807) is 0 Å². The quantitative estimate of drug-likeness (QED) is 0.651. The highest BCUT2D eigenvalue weighted by atomic mass is 16.5. The van der Waals surface area contributed by atoms with Gasteiger partial charge in [0.2, 0.25) is 5.91 Å². The van der Waals surface area contributed by atoms with Crippen LogP contribution in [0, 0.1) is 0 Å². The van der Waals surface area contributed by atoms with Crippen molar-refractivity contribution in [1.29, 1.82) is 0 Å². The van der Waals surface area contributed by atoms with Gasteiger partial charge >= 0.3 is 11.9 Å². The van der Waals surface area contributed by atoms with Crippen LogP contribution in [0.15, 0.2) is 0 Å². The Morgan fingerprint density at radius 2 is 1.81 bits per heavy atom. The van der Waals surface area contributed by atoms with Crippen LogP contribution in [-0.2, 0) is 23.9 Å². The van der Waals surface area contributed by atoms with Crippen LogP contribution in [0.4, 0.5) is 0 Å². The van der Waals surface area contributed by atoms with Crippen molar-refractivity contribution in [2.75, 3.05) is 14.2 Å². The summed E-state index contributed by atoms with van der Waals surface area (Å²) in [6.07, 6.45) is 0.741. The molecule has 0 fully saturated rings. The van der Waals surface area contributed by atoms with Gasteiger partial charge < -0.3 is 14.8 Å². The van der Waals surface area contributed by atoms with E-state index in [1.807, 2.05) is 6.92 Å². The van der Waals surface area contributed by atoms with Gasteiger partial charge in [-0.3, -0.25) is 9.59 Å². The maximum Gasteiger partial charge on any atom is 0.328 e. The van der Waals surface area contributed by atoms with Crippen LogP contribution in [0.2, 0.25) is 0 Å². The van der Waals surface area contributed by atoms with E-state index in [0.717, 1.165) is 0 Å². The number of hydrogen-bond donors (Lipinski definition) is 1. The Kier molecular flexibility index (Phi) is 6.91. The molecule has 1 amide bonds. The van der Waals surface area contributed by atoms with Crippen LogP contribution in [0.25, 0.3) is 0 Å². The fourth-order valence-electron chi connectivity index (χ4n) is 1.08. The van der Waals surface area contributed by atoms with Crippen molar-refractivity contribution in [1.82, 2.24) is 5.32 Å². The summed E-state index contributed by atoms with van der Waals surface area (Å²) >= 11 is 0. The molecule has 6 heteroatoms. The van der Waals surface area contributed by atoms with E-state index in [0.29, 0.717) is 12.8 Å². The van der Waals surface area contributed by atoms with Crippen LogP contribution in [0.5, 0.6) is 0 Å². The fourth-order valence-corrected chi connectivity index (χ4v) is 1.08. The van der Waals surface area contributed by atoms with Gasteiger partial charge in [-0.05, 0) is 6.42 Å². The molecule has 0 aliphatic carbocycles. The SMILES string of the molecule is CCCC(=O)N[C@@H](CC(=O)OC)C(=O)OC. The van der Waals surface area contributed by atoms with Gasteiger partial charge in [-0.15, -0.1) is 0 Å². The minimum Gasteiger partial charge on any atom is -0.469 e. The molecule has 0 rings (SSSR count). The molecular formula is C10H17NO5. The number of esters is 2. The number of carbonyl (C=O) groups excluding carboxylic acids is 3. The lowest BCUT2D eigenvalue weighted by Gasteiger charge is -2.14. The largest absolute Gasteiger partial charge is 0.469 e. The van der Waals surface area contributed by atoms with E-state index in [9.17, 15) is 14.4 Å². The number of ether oxygens (including phenoxy) is 2. The van der Waals surface area contributed by atoms with E-state index in [2.05, 4.69) is 14.8 Å². The number of rotatable bonds is 6. The molecule has 16 heavy (non-hydrogen) atoms. The average molecular weight is 231 g/mol. The van der Waals surface area contributed by atoms with Crippen LogP contribution >= 0.6 is 0 Å². The van der Waals surface area contributed by atoms with Crippen molar-refractivity contribution < 1.29 is 23.9 Å². The first-order valence-electron chi connectivity index (χ1n) is 4.99. The van der Waals surface area contributed by atoms with Gasteiger partial charge in [0.1, 0.15) is 6.04 Å². The van der Waals surface area contributed by atoms with E-state index < -0.39 is 18.0 Å². The summed E-state index contributed by atoms with van der Waals surface area (Å²) < 4.78 is 8.89. The molecule has 0 unspecified atom stereocenters. The Morgan fingerprint density at radius 1 is 1.19 bits per heavy atom. The Bertz CT molecular complexity index is 264. The molecule has 0 bridgehead atoms. The van der Waals surface area contributed by atoms with Crippen molar-refractivity contribution in [3.63, 3.8) is 0 Å². The van der Waals surface area contributed by atoms with E-state index >= 15 is 0 Å². The van der Waals surface area contributed by atoms with Crippen LogP contribution < -0.4 is 5.32 Å². The molecule has 92 valence electrons. The summed E-state index contributed by atoms with van der Waals surface area (Å²) in [6, 6.07) is -0.975. The highest BCUT2D eigenvalue weighted by Crippen LogP contribution is 1.99. The third kappa shape index (κ3) is 5.33. The topological polar surface area (TPSA) is 81.7 Å². The smallest absolute Gasteiger partial charge is 0.328 e. The molecule has 1 N–H and O–H groups in total. The van der Waals surface area contributed by atoms with Gasteiger partial charge in [0, 0.05) is 6.42 Å². The summed E-state index contributed by atoms with van der Waals surface area (Å²) in [5.74, 6) is -1.52. The Morgan fingerprint density at radius 3 is 2.25 bits per heavy atom. The summed E-state index contributed by atoms with van der Waals surface area (Å²) in [5, 5.41) is 2.42. The number of carbonyl (C=O) groups is 3. The lowest BCUT2D eigenvalue weighted by atomic mass is 10.2. The highest BCUT2D eigenvalue weighted by Gasteiger charge is 2.24. The first-order chi connectivity index (χ1) is 7.54. The van der Waals surface area contributed by atoms with Gasteiger partial charge in [0.15, 0.2) is 0 Å². The molecule has 0 spiro atoms. The molecule has 0 aromatic heterocycles. The van der Waals surface area contributed by atoms with E-state index in [-0.39, 0.29) is 12.3 Å². The molecule has 1 atom stereocenters. The highest BCUT2D eigenvalue weighted by molar-refractivity contribution is 5.87.